The Morgan fingerprint density at radius 2 is 2.11 bits per heavy atom. The largest absolute Gasteiger partial charge is 0.432 e. The molecule has 0 N–H and O–H groups in total. The average molecular weight is 284 g/mol. The summed E-state index contributed by atoms with van der Waals surface area (Å²) in [7, 11) is 0. The first-order valence-corrected chi connectivity index (χ1v) is 5.46. The molecule has 0 aliphatic heterocycles. The Labute approximate surface area is 112 Å². The van der Waals surface area contributed by atoms with Gasteiger partial charge in [-0.1, -0.05) is 0 Å². The third-order valence-electron chi connectivity index (χ3n) is 2.14. The zero-order valence-corrected chi connectivity index (χ0v) is 10.4. The quantitative estimate of drug-likeness (QED) is 0.491. The molecular formula is C11H7ClFN3O3. The number of nitrogens with zero attached hydrogens (tertiary/aromatic N) is 3. The number of nitro groups is 1. The van der Waals surface area contributed by atoms with E-state index in [4.69, 9.17) is 16.3 Å². The van der Waals surface area contributed by atoms with Crippen LogP contribution >= 0.6 is 11.6 Å². The van der Waals surface area contributed by atoms with Gasteiger partial charge in [-0.25, -0.2) is 9.37 Å². The van der Waals surface area contributed by atoms with Gasteiger partial charge in [0.15, 0.2) is 0 Å². The van der Waals surface area contributed by atoms with Crippen molar-refractivity contribution in [3.8, 4) is 11.6 Å². The smallest absolute Gasteiger partial charge is 0.314 e. The molecule has 0 bridgehead atoms. The summed E-state index contributed by atoms with van der Waals surface area (Å²) in [5.41, 5.74) is 0.0483. The monoisotopic (exact) mass is 283 g/mol. The average Bonchev–Trinajstić information content (AvgIpc) is 2.30. The molecule has 8 heteroatoms. The van der Waals surface area contributed by atoms with Gasteiger partial charge in [-0.05, 0) is 30.7 Å². The van der Waals surface area contributed by atoms with Crippen molar-refractivity contribution in [2.75, 3.05) is 0 Å². The summed E-state index contributed by atoms with van der Waals surface area (Å²) >= 11 is 5.65. The molecule has 0 radical (unpaired) electrons. The molecule has 1 heterocycles. The van der Waals surface area contributed by atoms with Crippen molar-refractivity contribution >= 4 is 17.3 Å². The van der Waals surface area contributed by atoms with Gasteiger partial charge in [0.1, 0.15) is 5.82 Å². The van der Waals surface area contributed by atoms with Crippen LogP contribution in [0.1, 0.15) is 5.69 Å². The van der Waals surface area contributed by atoms with E-state index in [0.717, 1.165) is 18.2 Å². The van der Waals surface area contributed by atoms with Crippen LogP contribution in [0, 0.1) is 22.9 Å². The van der Waals surface area contributed by atoms with E-state index in [1.807, 2.05) is 0 Å². The van der Waals surface area contributed by atoms with Crippen LogP contribution in [0.3, 0.4) is 0 Å². The zero-order chi connectivity index (χ0) is 14.0. The second-order valence-corrected chi connectivity index (χ2v) is 3.93. The van der Waals surface area contributed by atoms with Crippen LogP contribution in [-0.2, 0) is 0 Å². The summed E-state index contributed by atoms with van der Waals surface area (Å²) in [6.07, 6.45) is 0. The Hall–Kier alpha value is -2.28. The predicted octanol–water partition coefficient (Wildman–Crippen LogP) is 3.28. The van der Waals surface area contributed by atoms with E-state index in [-0.39, 0.29) is 16.9 Å². The molecule has 0 fully saturated rings. The molecule has 0 saturated heterocycles. The van der Waals surface area contributed by atoms with Gasteiger partial charge in [0.25, 0.3) is 0 Å². The molecular weight excluding hydrogens is 277 g/mol. The Balaban J connectivity index is 2.40. The third kappa shape index (κ3) is 3.14. The van der Waals surface area contributed by atoms with Crippen LogP contribution in [0.15, 0.2) is 24.3 Å². The summed E-state index contributed by atoms with van der Waals surface area (Å²) in [5, 5.41) is 10.8. The van der Waals surface area contributed by atoms with Crippen molar-refractivity contribution < 1.29 is 14.1 Å². The van der Waals surface area contributed by atoms with Crippen molar-refractivity contribution in [1.29, 1.82) is 0 Å². The molecule has 0 amide bonds. The molecule has 0 atom stereocenters. The van der Waals surface area contributed by atoms with E-state index in [2.05, 4.69) is 9.97 Å². The molecule has 6 nitrogen and oxygen atoms in total. The minimum absolute atomic E-state index is 0.0419. The number of hydrogen-bond donors (Lipinski definition) is 0. The number of hydrogen-bond acceptors (Lipinski definition) is 5. The highest BCUT2D eigenvalue weighted by molar-refractivity contribution is 6.28. The number of aryl methyl sites for hydroxylation is 1. The van der Waals surface area contributed by atoms with Crippen molar-refractivity contribution in [3.63, 3.8) is 0 Å². The standard InChI is InChI=1S/C11H7ClFN3O3/c1-6-4-10(15-11(12)14-6)19-9-3-2-7(13)5-8(9)16(17)18/h2-5H,1H3. The topological polar surface area (TPSA) is 78.2 Å². The molecule has 0 unspecified atom stereocenters. The van der Waals surface area contributed by atoms with E-state index in [1.54, 1.807) is 6.92 Å². The van der Waals surface area contributed by atoms with Gasteiger partial charge < -0.3 is 4.74 Å². The molecule has 0 saturated carbocycles. The van der Waals surface area contributed by atoms with Gasteiger partial charge in [0.05, 0.1) is 11.0 Å². The highest BCUT2D eigenvalue weighted by Gasteiger charge is 2.17. The fourth-order valence-electron chi connectivity index (χ4n) is 1.39. The summed E-state index contributed by atoms with van der Waals surface area (Å²) in [6.45, 7) is 1.67. The number of nitro benzene ring substituents is 1. The molecule has 0 spiro atoms. The first kappa shape index (κ1) is 13.2. The summed E-state index contributed by atoms with van der Waals surface area (Å²) in [4.78, 5) is 17.7. The first-order valence-electron chi connectivity index (χ1n) is 5.08. The highest BCUT2D eigenvalue weighted by Crippen LogP contribution is 2.31. The maximum absolute atomic E-state index is 13.0. The van der Waals surface area contributed by atoms with Crippen LogP contribution in [0.5, 0.6) is 11.6 Å². The van der Waals surface area contributed by atoms with Gasteiger partial charge in [0.2, 0.25) is 16.9 Å². The number of rotatable bonds is 3. The van der Waals surface area contributed by atoms with Gasteiger partial charge in [0, 0.05) is 11.8 Å². The lowest BCUT2D eigenvalue weighted by atomic mass is 10.3. The van der Waals surface area contributed by atoms with Gasteiger partial charge in [-0.2, -0.15) is 4.98 Å². The van der Waals surface area contributed by atoms with E-state index in [0.29, 0.717) is 5.69 Å². The highest BCUT2D eigenvalue weighted by atomic mass is 35.5. The van der Waals surface area contributed by atoms with Gasteiger partial charge >= 0.3 is 5.69 Å². The van der Waals surface area contributed by atoms with Crippen LogP contribution in [-0.4, -0.2) is 14.9 Å². The Bertz CT molecular complexity index is 631. The number of aromatic nitrogens is 2. The number of halogens is 2. The maximum Gasteiger partial charge on any atom is 0.314 e. The van der Waals surface area contributed by atoms with Crippen molar-refractivity contribution in [1.82, 2.24) is 9.97 Å². The lowest BCUT2D eigenvalue weighted by molar-refractivity contribution is -0.385. The molecule has 1 aromatic carbocycles. The molecule has 19 heavy (non-hydrogen) atoms. The lowest BCUT2D eigenvalue weighted by Crippen LogP contribution is -1.97. The summed E-state index contributed by atoms with van der Waals surface area (Å²) < 4.78 is 18.2. The maximum atomic E-state index is 13.0. The predicted molar refractivity (Wildman–Crippen MR) is 64.9 cm³/mol. The minimum atomic E-state index is -0.742. The van der Waals surface area contributed by atoms with Crippen LogP contribution in [0.2, 0.25) is 5.28 Å². The second-order valence-electron chi connectivity index (χ2n) is 3.59. The molecule has 0 aliphatic rings. The second kappa shape index (κ2) is 5.15. The third-order valence-corrected chi connectivity index (χ3v) is 2.30. The van der Waals surface area contributed by atoms with E-state index < -0.39 is 16.4 Å². The summed E-state index contributed by atoms with van der Waals surface area (Å²) in [5.74, 6) is -0.802. The first-order chi connectivity index (χ1) is 8.95. The van der Waals surface area contributed by atoms with Crippen molar-refractivity contribution in [2.45, 2.75) is 6.92 Å². The molecule has 0 aliphatic carbocycles. The van der Waals surface area contributed by atoms with Crippen LogP contribution < -0.4 is 4.74 Å². The van der Waals surface area contributed by atoms with Gasteiger partial charge in [-0.3, -0.25) is 10.1 Å². The van der Waals surface area contributed by atoms with Gasteiger partial charge in [-0.15, -0.1) is 0 Å². The number of benzene rings is 1. The Morgan fingerprint density at radius 3 is 2.74 bits per heavy atom. The fourth-order valence-corrected chi connectivity index (χ4v) is 1.61. The molecule has 1 aromatic heterocycles. The van der Waals surface area contributed by atoms with E-state index in [1.165, 1.54) is 6.07 Å². The fraction of sp³-hybridized carbons (Fsp3) is 0.0909. The Morgan fingerprint density at radius 1 is 1.37 bits per heavy atom. The SMILES string of the molecule is Cc1cc(Oc2ccc(F)cc2[N+](=O)[O-])nc(Cl)n1. The lowest BCUT2D eigenvalue weighted by Gasteiger charge is -2.06. The molecule has 2 rings (SSSR count). The van der Waals surface area contributed by atoms with Crippen molar-refractivity contribution in [2.24, 2.45) is 0 Å². The van der Waals surface area contributed by atoms with E-state index in [9.17, 15) is 14.5 Å². The van der Waals surface area contributed by atoms with Crippen LogP contribution in [0.25, 0.3) is 0 Å². The normalized spacial score (nSPS) is 10.3. The number of ether oxygens (including phenoxy) is 1. The van der Waals surface area contributed by atoms with Crippen molar-refractivity contribution in [3.05, 3.63) is 51.2 Å². The minimum Gasteiger partial charge on any atom is -0.432 e. The van der Waals surface area contributed by atoms with E-state index >= 15 is 0 Å². The molecule has 2 aromatic rings. The summed E-state index contributed by atoms with van der Waals surface area (Å²) in [6, 6.07) is 4.43. The molecule has 98 valence electrons. The zero-order valence-electron chi connectivity index (χ0n) is 9.63. The Kier molecular flexibility index (Phi) is 3.57. The van der Waals surface area contributed by atoms with Crippen LogP contribution in [0.4, 0.5) is 10.1 Å².